The summed E-state index contributed by atoms with van der Waals surface area (Å²) in [6, 6.07) is 10.6. The van der Waals surface area contributed by atoms with E-state index in [9.17, 15) is 8.42 Å². The number of anilines is 1. The van der Waals surface area contributed by atoms with Crippen LogP contribution in [0, 0.1) is 6.92 Å². The molecule has 4 nitrogen and oxygen atoms in total. The summed E-state index contributed by atoms with van der Waals surface area (Å²) in [6.07, 6.45) is 1.40. The third kappa shape index (κ3) is 3.94. The van der Waals surface area contributed by atoms with Gasteiger partial charge in [-0.25, -0.2) is 13.4 Å². The number of halogens is 1. The highest BCUT2D eigenvalue weighted by Crippen LogP contribution is 2.18. The van der Waals surface area contributed by atoms with Crippen molar-refractivity contribution in [3.05, 3.63) is 58.9 Å². The van der Waals surface area contributed by atoms with Crippen molar-refractivity contribution in [3.8, 4) is 0 Å². The molecule has 1 heterocycles. The zero-order valence-corrected chi connectivity index (χ0v) is 11.9. The van der Waals surface area contributed by atoms with E-state index in [2.05, 4.69) is 9.71 Å². The van der Waals surface area contributed by atoms with Gasteiger partial charge >= 0.3 is 0 Å². The Morgan fingerprint density at radius 1 is 1.26 bits per heavy atom. The van der Waals surface area contributed by atoms with E-state index in [0.29, 0.717) is 10.8 Å². The van der Waals surface area contributed by atoms with Crippen molar-refractivity contribution in [2.45, 2.75) is 12.7 Å². The summed E-state index contributed by atoms with van der Waals surface area (Å²) in [6.45, 7) is 1.77. The van der Waals surface area contributed by atoms with Gasteiger partial charge in [-0.1, -0.05) is 41.9 Å². The van der Waals surface area contributed by atoms with Crippen LogP contribution in [0.25, 0.3) is 0 Å². The van der Waals surface area contributed by atoms with Crippen LogP contribution in [0.4, 0.5) is 5.69 Å². The van der Waals surface area contributed by atoms with Crippen LogP contribution in [0.1, 0.15) is 11.1 Å². The summed E-state index contributed by atoms with van der Waals surface area (Å²) in [5.41, 5.74) is 1.87. The fraction of sp³-hybridized carbons (Fsp3) is 0.154. The first-order chi connectivity index (χ1) is 8.96. The van der Waals surface area contributed by atoms with Gasteiger partial charge in [-0.3, -0.25) is 4.72 Å². The lowest BCUT2D eigenvalue weighted by Crippen LogP contribution is -2.15. The molecular weight excluding hydrogens is 284 g/mol. The minimum absolute atomic E-state index is 0.0739. The summed E-state index contributed by atoms with van der Waals surface area (Å²) >= 11 is 5.79. The van der Waals surface area contributed by atoms with E-state index in [0.717, 1.165) is 11.1 Å². The van der Waals surface area contributed by atoms with Gasteiger partial charge in [-0.15, -0.1) is 0 Å². The van der Waals surface area contributed by atoms with Crippen molar-refractivity contribution in [2.75, 3.05) is 4.72 Å². The first kappa shape index (κ1) is 13.8. The van der Waals surface area contributed by atoms with Crippen molar-refractivity contribution in [3.63, 3.8) is 0 Å². The standard InChI is InChI=1S/C13H13ClN2O2S/c1-10-7-12(8-15-13(10)14)16-19(17,18)9-11-5-3-2-4-6-11/h2-8,16H,9H2,1H3. The van der Waals surface area contributed by atoms with Gasteiger partial charge in [0.2, 0.25) is 10.0 Å². The molecule has 6 heteroatoms. The molecule has 0 aliphatic heterocycles. The summed E-state index contributed by atoms with van der Waals surface area (Å²) in [4.78, 5) is 3.91. The quantitative estimate of drug-likeness (QED) is 0.882. The van der Waals surface area contributed by atoms with Crippen molar-refractivity contribution in [1.29, 1.82) is 0 Å². The average molecular weight is 297 g/mol. The second-order valence-electron chi connectivity index (χ2n) is 4.18. The molecule has 19 heavy (non-hydrogen) atoms. The second kappa shape index (κ2) is 5.59. The molecule has 2 aromatic rings. The zero-order valence-electron chi connectivity index (χ0n) is 10.3. The first-order valence-electron chi connectivity index (χ1n) is 5.63. The van der Waals surface area contributed by atoms with Gasteiger partial charge in [0.15, 0.2) is 0 Å². The molecule has 0 bridgehead atoms. The lowest BCUT2D eigenvalue weighted by Gasteiger charge is -2.08. The Labute approximate surface area is 117 Å². The van der Waals surface area contributed by atoms with Crippen LogP contribution in [0.5, 0.6) is 0 Å². The lowest BCUT2D eigenvalue weighted by molar-refractivity contribution is 0.600. The van der Waals surface area contributed by atoms with Crippen LogP contribution in [0.2, 0.25) is 5.15 Å². The van der Waals surface area contributed by atoms with Gasteiger partial charge in [-0.05, 0) is 24.1 Å². The summed E-state index contributed by atoms with van der Waals surface area (Å²) in [5, 5.41) is 0.367. The Kier molecular flexibility index (Phi) is 4.07. The maximum Gasteiger partial charge on any atom is 0.236 e. The van der Waals surface area contributed by atoms with E-state index >= 15 is 0 Å². The Morgan fingerprint density at radius 3 is 2.58 bits per heavy atom. The number of hydrogen-bond acceptors (Lipinski definition) is 3. The number of nitrogens with zero attached hydrogens (tertiary/aromatic N) is 1. The lowest BCUT2D eigenvalue weighted by atomic mass is 10.2. The Bertz CT molecular complexity index is 672. The molecule has 0 saturated heterocycles. The number of aryl methyl sites for hydroxylation is 1. The summed E-state index contributed by atoms with van der Waals surface area (Å²) in [7, 11) is -3.45. The Hall–Kier alpha value is -1.59. The number of benzene rings is 1. The van der Waals surface area contributed by atoms with E-state index in [1.807, 2.05) is 6.07 Å². The minimum atomic E-state index is -3.45. The normalized spacial score (nSPS) is 11.3. The fourth-order valence-electron chi connectivity index (χ4n) is 1.62. The molecule has 1 aromatic carbocycles. The van der Waals surface area contributed by atoms with Gasteiger partial charge in [0.1, 0.15) is 5.15 Å². The van der Waals surface area contributed by atoms with E-state index in [1.165, 1.54) is 6.20 Å². The molecule has 100 valence electrons. The highest BCUT2D eigenvalue weighted by atomic mass is 35.5. The van der Waals surface area contributed by atoms with Crippen LogP contribution < -0.4 is 4.72 Å². The molecule has 0 unspecified atom stereocenters. The van der Waals surface area contributed by atoms with Crippen molar-refractivity contribution in [2.24, 2.45) is 0 Å². The van der Waals surface area contributed by atoms with Gasteiger partial charge < -0.3 is 0 Å². The second-order valence-corrected chi connectivity index (χ2v) is 6.26. The molecule has 1 aromatic heterocycles. The number of nitrogens with one attached hydrogen (secondary N) is 1. The van der Waals surface area contributed by atoms with Crippen molar-refractivity contribution < 1.29 is 8.42 Å². The molecule has 0 amide bonds. The smallest absolute Gasteiger partial charge is 0.236 e. The molecule has 0 radical (unpaired) electrons. The Balaban J connectivity index is 2.15. The predicted octanol–water partition coefficient (Wildman–Crippen LogP) is 2.99. The number of pyridine rings is 1. The van der Waals surface area contributed by atoms with Gasteiger partial charge in [0.05, 0.1) is 17.6 Å². The zero-order chi connectivity index (χ0) is 13.9. The summed E-state index contributed by atoms with van der Waals surface area (Å²) < 4.78 is 26.5. The topological polar surface area (TPSA) is 59.1 Å². The molecule has 2 rings (SSSR count). The maximum absolute atomic E-state index is 12.0. The third-order valence-electron chi connectivity index (χ3n) is 2.49. The van der Waals surface area contributed by atoms with Gasteiger partial charge in [-0.2, -0.15) is 0 Å². The van der Waals surface area contributed by atoms with E-state index < -0.39 is 10.0 Å². The largest absolute Gasteiger partial charge is 0.282 e. The summed E-state index contributed by atoms with van der Waals surface area (Å²) in [5.74, 6) is -0.0739. The van der Waals surface area contributed by atoms with Crippen LogP contribution in [-0.4, -0.2) is 13.4 Å². The third-order valence-corrected chi connectivity index (χ3v) is 4.14. The molecule has 0 aliphatic rings. The predicted molar refractivity (Wildman–Crippen MR) is 76.7 cm³/mol. The number of aromatic nitrogens is 1. The number of rotatable bonds is 4. The molecule has 0 saturated carbocycles. The minimum Gasteiger partial charge on any atom is -0.282 e. The highest BCUT2D eigenvalue weighted by Gasteiger charge is 2.12. The molecule has 0 spiro atoms. The van der Waals surface area contributed by atoms with Gasteiger partial charge in [0.25, 0.3) is 0 Å². The monoisotopic (exact) mass is 296 g/mol. The number of hydrogen-bond donors (Lipinski definition) is 1. The van der Waals surface area contributed by atoms with Crippen LogP contribution in [0.3, 0.4) is 0 Å². The molecule has 0 aliphatic carbocycles. The van der Waals surface area contributed by atoms with Crippen LogP contribution >= 0.6 is 11.6 Å². The average Bonchev–Trinajstić information content (AvgIpc) is 2.34. The molecular formula is C13H13ClN2O2S. The van der Waals surface area contributed by atoms with Gasteiger partial charge in [0, 0.05) is 0 Å². The van der Waals surface area contributed by atoms with E-state index in [1.54, 1.807) is 37.3 Å². The van der Waals surface area contributed by atoms with Crippen molar-refractivity contribution in [1.82, 2.24) is 4.98 Å². The van der Waals surface area contributed by atoms with Crippen LogP contribution in [0.15, 0.2) is 42.6 Å². The van der Waals surface area contributed by atoms with E-state index in [4.69, 9.17) is 11.6 Å². The highest BCUT2D eigenvalue weighted by molar-refractivity contribution is 7.91. The SMILES string of the molecule is Cc1cc(NS(=O)(=O)Cc2ccccc2)cnc1Cl. The Morgan fingerprint density at radius 2 is 1.95 bits per heavy atom. The molecule has 0 atom stereocenters. The van der Waals surface area contributed by atoms with Crippen LogP contribution in [-0.2, 0) is 15.8 Å². The van der Waals surface area contributed by atoms with E-state index in [-0.39, 0.29) is 5.75 Å². The van der Waals surface area contributed by atoms with Crippen molar-refractivity contribution >= 4 is 27.3 Å². The number of sulfonamides is 1. The molecule has 1 N–H and O–H groups in total. The maximum atomic E-state index is 12.0. The first-order valence-corrected chi connectivity index (χ1v) is 7.66. The molecule has 0 fully saturated rings. The fourth-order valence-corrected chi connectivity index (χ4v) is 2.90.